The lowest BCUT2D eigenvalue weighted by Crippen LogP contribution is -2.48. The summed E-state index contributed by atoms with van der Waals surface area (Å²) in [6, 6.07) is 6.28. The first-order chi connectivity index (χ1) is 10.6. The maximum Gasteiger partial charge on any atom is 0.220 e. The molecule has 2 atom stereocenters. The molecule has 0 spiro atoms. The van der Waals surface area contributed by atoms with Gasteiger partial charge in [0.25, 0.3) is 0 Å². The first-order valence-corrected chi connectivity index (χ1v) is 8.02. The highest BCUT2D eigenvalue weighted by atomic mass is 19.1. The molecule has 22 heavy (non-hydrogen) atoms. The summed E-state index contributed by atoms with van der Waals surface area (Å²) in [5.74, 6) is -0.0868. The summed E-state index contributed by atoms with van der Waals surface area (Å²) in [6.07, 6.45) is 5.44. The van der Waals surface area contributed by atoms with E-state index < -0.39 is 0 Å². The highest BCUT2D eigenvalue weighted by Crippen LogP contribution is 2.26. The van der Waals surface area contributed by atoms with Crippen LogP contribution in [0.1, 0.15) is 37.7 Å². The van der Waals surface area contributed by atoms with Crippen LogP contribution in [0.3, 0.4) is 0 Å². The number of aryl methyl sites for hydroxylation is 1. The van der Waals surface area contributed by atoms with Crippen LogP contribution in [0.25, 0.3) is 0 Å². The number of carbonyl (C=O) groups excluding carboxylic acids is 1. The molecule has 4 nitrogen and oxygen atoms in total. The topological polar surface area (TPSA) is 50.4 Å². The largest absolute Gasteiger partial charge is 0.494 e. The molecule has 0 aromatic heterocycles. The van der Waals surface area contributed by atoms with Crippen molar-refractivity contribution in [2.75, 3.05) is 7.11 Å². The first-order valence-electron chi connectivity index (χ1n) is 8.02. The number of rotatable bonds is 5. The maximum atomic E-state index is 13.6. The molecular formula is C17H23FN2O2. The fraction of sp³-hybridized carbons (Fsp3) is 0.588. The third-order valence-electron chi connectivity index (χ3n) is 4.70. The van der Waals surface area contributed by atoms with Crippen molar-refractivity contribution in [2.24, 2.45) is 0 Å². The number of methoxy groups -OCH3 is 1. The van der Waals surface area contributed by atoms with Crippen LogP contribution in [0.15, 0.2) is 18.2 Å². The third kappa shape index (κ3) is 3.58. The number of hydrogen-bond donors (Lipinski definition) is 2. The quantitative estimate of drug-likeness (QED) is 0.876. The van der Waals surface area contributed by atoms with E-state index in [1.807, 2.05) is 0 Å². The van der Waals surface area contributed by atoms with Crippen LogP contribution in [0.4, 0.5) is 4.39 Å². The van der Waals surface area contributed by atoms with Gasteiger partial charge in [-0.3, -0.25) is 4.79 Å². The van der Waals surface area contributed by atoms with Crippen LogP contribution in [0, 0.1) is 5.82 Å². The molecule has 2 fully saturated rings. The van der Waals surface area contributed by atoms with Crippen LogP contribution in [0.2, 0.25) is 0 Å². The number of hydrogen-bond acceptors (Lipinski definition) is 3. The van der Waals surface area contributed by atoms with Crippen molar-refractivity contribution in [3.63, 3.8) is 0 Å². The molecular weight excluding hydrogens is 283 g/mol. The predicted molar refractivity (Wildman–Crippen MR) is 82.4 cm³/mol. The van der Waals surface area contributed by atoms with Crippen LogP contribution in [-0.4, -0.2) is 31.1 Å². The zero-order valence-electron chi connectivity index (χ0n) is 12.9. The highest BCUT2D eigenvalue weighted by molar-refractivity contribution is 5.76. The number of nitrogens with one attached hydrogen (secondary N) is 2. The summed E-state index contributed by atoms with van der Waals surface area (Å²) < 4.78 is 18.5. The summed E-state index contributed by atoms with van der Waals surface area (Å²) >= 11 is 0. The number of benzene rings is 1. The number of amides is 1. The Morgan fingerprint density at radius 2 is 2.09 bits per heavy atom. The van der Waals surface area contributed by atoms with E-state index in [1.165, 1.54) is 26.0 Å². The molecule has 2 bridgehead atoms. The molecule has 1 aromatic rings. The van der Waals surface area contributed by atoms with Crippen molar-refractivity contribution < 1.29 is 13.9 Å². The molecule has 0 radical (unpaired) electrons. The number of piperidine rings is 1. The van der Waals surface area contributed by atoms with Gasteiger partial charge in [0.15, 0.2) is 11.6 Å². The Kier molecular flexibility index (Phi) is 4.62. The van der Waals surface area contributed by atoms with E-state index in [0.29, 0.717) is 31.0 Å². The molecule has 5 heteroatoms. The summed E-state index contributed by atoms with van der Waals surface area (Å²) in [5, 5.41) is 6.69. The van der Waals surface area contributed by atoms with Gasteiger partial charge in [0, 0.05) is 24.5 Å². The Bertz CT molecular complexity index is 537. The average Bonchev–Trinajstić information content (AvgIpc) is 2.84. The van der Waals surface area contributed by atoms with Gasteiger partial charge in [0.1, 0.15) is 0 Å². The van der Waals surface area contributed by atoms with Crippen LogP contribution >= 0.6 is 0 Å². The van der Waals surface area contributed by atoms with Crippen LogP contribution < -0.4 is 15.4 Å². The van der Waals surface area contributed by atoms with Crippen molar-refractivity contribution in [3.8, 4) is 5.75 Å². The minimum Gasteiger partial charge on any atom is -0.494 e. The monoisotopic (exact) mass is 306 g/mol. The van der Waals surface area contributed by atoms with Gasteiger partial charge in [-0.2, -0.15) is 0 Å². The van der Waals surface area contributed by atoms with Crippen molar-refractivity contribution >= 4 is 5.91 Å². The van der Waals surface area contributed by atoms with E-state index in [2.05, 4.69) is 10.6 Å². The van der Waals surface area contributed by atoms with E-state index in [1.54, 1.807) is 12.1 Å². The van der Waals surface area contributed by atoms with Crippen molar-refractivity contribution in [2.45, 2.75) is 56.7 Å². The zero-order chi connectivity index (χ0) is 15.5. The van der Waals surface area contributed by atoms with E-state index in [4.69, 9.17) is 4.74 Å². The fourth-order valence-corrected chi connectivity index (χ4v) is 3.60. The van der Waals surface area contributed by atoms with Gasteiger partial charge in [-0.25, -0.2) is 4.39 Å². The van der Waals surface area contributed by atoms with Gasteiger partial charge >= 0.3 is 0 Å². The molecule has 0 saturated carbocycles. The Morgan fingerprint density at radius 3 is 2.73 bits per heavy atom. The Morgan fingerprint density at radius 1 is 1.36 bits per heavy atom. The van der Waals surface area contributed by atoms with Gasteiger partial charge in [-0.05, 0) is 49.8 Å². The molecule has 2 unspecified atom stereocenters. The molecule has 2 aliphatic rings. The highest BCUT2D eigenvalue weighted by Gasteiger charge is 2.33. The third-order valence-corrected chi connectivity index (χ3v) is 4.70. The maximum absolute atomic E-state index is 13.6. The molecule has 2 heterocycles. The van der Waals surface area contributed by atoms with Crippen LogP contribution in [0.5, 0.6) is 5.75 Å². The van der Waals surface area contributed by atoms with E-state index >= 15 is 0 Å². The first kappa shape index (κ1) is 15.3. The van der Waals surface area contributed by atoms with Gasteiger partial charge in [0.2, 0.25) is 5.91 Å². The predicted octanol–water partition coefficient (Wildman–Crippen LogP) is 2.17. The summed E-state index contributed by atoms with van der Waals surface area (Å²) in [7, 11) is 1.44. The summed E-state index contributed by atoms with van der Waals surface area (Å²) in [6.45, 7) is 0. The molecule has 1 aromatic carbocycles. The number of halogens is 1. The second-order valence-electron chi connectivity index (χ2n) is 6.34. The van der Waals surface area contributed by atoms with Crippen molar-refractivity contribution in [1.82, 2.24) is 10.6 Å². The fourth-order valence-electron chi connectivity index (χ4n) is 3.60. The molecule has 2 saturated heterocycles. The second kappa shape index (κ2) is 6.65. The van der Waals surface area contributed by atoms with Crippen molar-refractivity contribution in [1.29, 1.82) is 0 Å². The molecule has 1 amide bonds. The van der Waals surface area contributed by atoms with E-state index in [9.17, 15) is 9.18 Å². The lowest BCUT2D eigenvalue weighted by atomic mass is 9.99. The number of carbonyl (C=O) groups is 1. The Labute approximate surface area is 130 Å². The SMILES string of the molecule is COc1ccc(CCC(=O)NC2CC3CCC(C2)N3)cc1F. The summed E-state index contributed by atoms with van der Waals surface area (Å²) in [5.41, 5.74) is 0.818. The molecule has 2 N–H and O–H groups in total. The van der Waals surface area contributed by atoms with Gasteiger partial charge < -0.3 is 15.4 Å². The van der Waals surface area contributed by atoms with E-state index in [-0.39, 0.29) is 17.5 Å². The number of fused-ring (bicyclic) bond motifs is 2. The lowest BCUT2D eigenvalue weighted by Gasteiger charge is -2.29. The summed E-state index contributed by atoms with van der Waals surface area (Å²) in [4.78, 5) is 12.1. The zero-order valence-corrected chi connectivity index (χ0v) is 12.9. The normalized spacial score (nSPS) is 26.7. The molecule has 3 rings (SSSR count). The van der Waals surface area contributed by atoms with Crippen molar-refractivity contribution in [3.05, 3.63) is 29.6 Å². The smallest absolute Gasteiger partial charge is 0.220 e. The van der Waals surface area contributed by atoms with Gasteiger partial charge in [0.05, 0.1) is 7.11 Å². The molecule has 120 valence electrons. The lowest BCUT2D eigenvalue weighted by molar-refractivity contribution is -0.122. The number of ether oxygens (including phenoxy) is 1. The molecule has 2 aliphatic heterocycles. The van der Waals surface area contributed by atoms with Gasteiger partial charge in [-0.1, -0.05) is 6.07 Å². The average molecular weight is 306 g/mol. The molecule has 0 aliphatic carbocycles. The van der Waals surface area contributed by atoms with E-state index in [0.717, 1.165) is 18.4 Å². The second-order valence-corrected chi connectivity index (χ2v) is 6.34. The standard InChI is InChI=1S/C17H23FN2O2/c1-22-16-6-2-11(8-15(16)18)3-7-17(21)20-14-9-12-4-5-13(10-14)19-12/h2,6,8,12-14,19H,3-5,7,9-10H2,1H3,(H,20,21). The minimum absolute atomic E-state index is 0.0579. The van der Waals surface area contributed by atoms with Crippen LogP contribution in [-0.2, 0) is 11.2 Å². The Hall–Kier alpha value is -1.62. The van der Waals surface area contributed by atoms with Gasteiger partial charge in [-0.15, -0.1) is 0 Å². The Balaban J connectivity index is 1.47. The minimum atomic E-state index is -0.379.